The third kappa shape index (κ3) is 3.03. The fourth-order valence-electron chi connectivity index (χ4n) is 2.91. The van der Waals surface area contributed by atoms with Crippen LogP contribution in [0.15, 0.2) is 70.4 Å². The Labute approximate surface area is 141 Å². The van der Waals surface area contributed by atoms with Gasteiger partial charge in [-0.05, 0) is 32.1 Å². The van der Waals surface area contributed by atoms with E-state index in [1.165, 1.54) is 0 Å². The molecule has 3 rings (SSSR count). The number of allylic oxidation sites excluding steroid dienone is 1. The summed E-state index contributed by atoms with van der Waals surface area (Å²) < 4.78 is 6.27. The Kier molecular flexibility index (Phi) is 4.63. The van der Waals surface area contributed by atoms with Crippen molar-refractivity contribution in [2.24, 2.45) is 0 Å². The molecular weight excluding hydrogens is 298 g/mol. The van der Waals surface area contributed by atoms with E-state index >= 15 is 0 Å². The highest BCUT2D eigenvalue weighted by Gasteiger charge is 2.17. The third-order valence-corrected chi connectivity index (χ3v) is 3.97. The van der Waals surface area contributed by atoms with Crippen molar-refractivity contribution in [1.29, 1.82) is 0 Å². The van der Waals surface area contributed by atoms with E-state index < -0.39 is 0 Å². The van der Waals surface area contributed by atoms with Crippen LogP contribution in [-0.4, -0.2) is 19.0 Å². The molecule has 3 aromatic rings. The first-order chi connectivity index (χ1) is 11.6. The van der Waals surface area contributed by atoms with Crippen molar-refractivity contribution >= 4 is 11.0 Å². The van der Waals surface area contributed by atoms with E-state index in [1.54, 1.807) is 0 Å². The minimum absolute atomic E-state index is 0.0368. The number of fused-ring (bicyclic) bond motifs is 1. The number of rotatable bonds is 5. The van der Waals surface area contributed by atoms with Gasteiger partial charge in [0.1, 0.15) is 11.3 Å². The molecule has 0 aliphatic carbocycles. The molecule has 0 fully saturated rings. The predicted octanol–water partition coefficient (Wildman–Crippen LogP) is 4.25. The van der Waals surface area contributed by atoms with Crippen LogP contribution in [0.4, 0.5) is 0 Å². The number of hydrogen-bond donors (Lipinski definition) is 0. The molecule has 3 nitrogen and oxygen atoms in total. The molecule has 0 aliphatic rings. The highest BCUT2D eigenvalue weighted by Crippen LogP contribution is 2.28. The molecule has 0 amide bonds. The molecule has 0 spiro atoms. The lowest BCUT2D eigenvalue weighted by molar-refractivity contribution is 0.397. The first kappa shape index (κ1) is 16.2. The molecule has 1 aromatic heterocycles. The van der Waals surface area contributed by atoms with Gasteiger partial charge >= 0.3 is 0 Å². The SMILES string of the molecule is C=CCc1cccc2c(=O)c(CN(C)C)c(-c3ccccc3)oc12. The lowest BCUT2D eigenvalue weighted by Crippen LogP contribution is -2.20. The van der Waals surface area contributed by atoms with Crippen molar-refractivity contribution in [3.05, 3.63) is 82.5 Å². The average molecular weight is 319 g/mol. The topological polar surface area (TPSA) is 33.5 Å². The van der Waals surface area contributed by atoms with Crippen molar-refractivity contribution in [2.75, 3.05) is 14.1 Å². The van der Waals surface area contributed by atoms with E-state index in [2.05, 4.69) is 6.58 Å². The Morgan fingerprint density at radius 2 is 1.83 bits per heavy atom. The van der Waals surface area contributed by atoms with E-state index in [0.717, 1.165) is 11.1 Å². The van der Waals surface area contributed by atoms with Gasteiger partial charge in [-0.2, -0.15) is 0 Å². The molecule has 3 heteroatoms. The van der Waals surface area contributed by atoms with E-state index in [9.17, 15) is 4.79 Å². The van der Waals surface area contributed by atoms with Crippen LogP contribution < -0.4 is 5.43 Å². The van der Waals surface area contributed by atoms with Crippen molar-refractivity contribution in [1.82, 2.24) is 4.90 Å². The van der Waals surface area contributed by atoms with Crippen molar-refractivity contribution in [2.45, 2.75) is 13.0 Å². The second-order valence-electron chi connectivity index (χ2n) is 6.13. The first-order valence-electron chi connectivity index (χ1n) is 8.00. The zero-order chi connectivity index (χ0) is 17.1. The molecule has 0 unspecified atom stereocenters. The third-order valence-electron chi connectivity index (χ3n) is 3.97. The van der Waals surface area contributed by atoms with Crippen LogP contribution in [0.5, 0.6) is 0 Å². The van der Waals surface area contributed by atoms with Crippen molar-refractivity contribution < 1.29 is 4.42 Å². The minimum atomic E-state index is 0.0368. The summed E-state index contributed by atoms with van der Waals surface area (Å²) in [5.41, 5.74) is 3.28. The van der Waals surface area contributed by atoms with E-state index in [-0.39, 0.29) is 5.43 Å². The average Bonchev–Trinajstić information content (AvgIpc) is 2.58. The second kappa shape index (κ2) is 6.85. The number of nitrogens with zero attached hydrogens (tertiary/aromatic N) is 1. The molecule has 0 bridgehead atoms. The summed E-state index contributed by atoms with van der Waals surface area (Å²) in [6, 6.07) is 15.5. The van der Waals surface area contributed by atoms with Crippen LogP contribution in [0.25, 0.3) is 22.3 Å². The van der Waals surface area contributed by atoms with Crippen LogP contribution in [-0.2, 0) is 13.0 Å². The molecule has 0 aliphatic heterocycles. The first-order valence-corrected chi connectivity index (χ1v) is 8.00. The Bertz CT molecular complexity index is 924. The fraction of sp³-hybridized carbons (Fsp3) is 0.190. The van der Waals surface area contributed by atoms with Crippen LogP contribution in [0, 0.1) is 0 Å². The van der Waals surface area contributed by atoms with Crippen LogP contribution in [0.3, 0.4) is 0 Å². The van der Waals surface area contributed by atoms with Crippen LogP contribution in [0.1, 0.15) is 11.1 Å². The van der Waals surface area contributed by atoms with Gasteiger partial charge in [0.2, 0.25) is 0 Å². The Hall–Kier alpha value is -2.65. The van der Waals surface area contributed by atoms with Crippen LogP contribution >= 0.6 is 0 Å². The normalized spacial score (nSPS) is 11.1. The number of hydrogen-bond acceptors (Lipinski definition) is 3. The predicted molar refractivity (Wildman–Crippen MR) is 99.2 cm³/mol. The molecule has 122 valence electrons. The Morgan fingerprint density at radius 3 is 2.50 bits per heavy atom. The van der Waals surface area contributed by atoms with Gasteiger partial charge in [-0.3, -0.25) is 4.79 Å². The van der Waals surface area contributed by atoms with Crippen LogP contribution in [0.2, 0.25) is 0 Å². The van der Waals surface area contributed by atoms with E-state index in [1.807, 2.05) is 73.6 Å². The monoisotopic (exact) mass is 319 g/mol. The maximum atomic E-state index is 13.1. The maximum absolute atomic E-state index is 13.1. The van der Waals surface area contributed by atoms with Gasteiger partial charge in [-0.25, -0.2) is 0 Å². The standard InChI is InChI=1S/C21H21NO2/c1-4-9-15-12-8-13-17-19(23)18(14-22(2)3)21(24-20(15)17)16-10-6-5-7-11-16/h4-8,10-13H,1,9,14H2,2-3H3. The van der Waals surface area contributed by atoms with Gasteiger partial charge in [-0.1, -0.05) is 48.5 Å². The smallest absolute Gasteiger partial charge is 0.197 e. The number of para-hydroxylation sites is 1. The van der Waals surface area contributed by atoms with Gasteiger partial charge in [0.15, 0.2) is 5.43 Å². The summed E-state index contributed by atoms with van der Waals surface area (Å²) in [5.74, 6) is 0.651. The largest absolute Gasteiger partial charge is 0.455 e. The maximum Gasteiger partial charge on any atom is 0.197 e. The van der Waals surface area contributed by atoms with Crippen molar-refractivity contribution in [3.63, 3.8) is 0 Å². The summed E-state index contributed by atoms with van der Waals surface area (Å²) in [4.78, 5) is 15.1. The Balaban J connectivity index is 2.36. The molecule has 2 aromatic carbocycles. The highest BCUT2D eigenvalue weighted by molar-refractivity contribution is 5.83. The summed E-state index contributed by atoms with van der Waals surface area (Å²) in [6.45, 7) is 4.33. The molecule has 24 heavy (non-hydrogen) atoms. The van der Waals surface area contributed by atoms with Gasteiger partial charge < -0.3 is 9.32 Å². The summed E-state index contributed by atoms with van der Waals surface area (Å²) in [7, 11) is 3.90. The fourth-order valence-corrected chi connectivity index (χ4v) is 2.91. The second-order valence-corrected chi connectivity index (χ2v) is 6.13. The molecule has 0 saturated carbocycles. The van der Waals surface area contributed by atoms with Gasteiger partial charge in [0.25, 0.3) is 0 Å². The number of benzene rings is 2. The highest BCUT2D eigenvalue weighted by atomic mass is 16.3. The van der Waals surface area contributed by atoms with E-state index in [0.29, 0.717) is 35.3 Å². The zero-order valence-corrected chi connectivity index (χ0v) is 14.1. The van der Waals surface area contributed by atoms with E-state index in [4.69, 9.17) is 4.42 Å². The molecule has 0 radical (unpaired) electrons. The molecule has 0 N–H and O–H groups in total. The quantitative estimate of drug-likeness (QED) is 0.659. The lowest BCUT2D eigenvalue weighted by Gasteiger charge is -2.15. The molecular formula is C21H21NO2. The molecule has 0 atom stereocenters. The molecule has 1 heterocycles. The minimum Gasteiger partial charge on any atom is -0.455 e. The molecule has 0 saturated heterocycles. The Morgan fingerprint density at radius 1 is 1.08 bits per heavy atom. The zero-order valence-electron chi connectivity index (χ0n) is 14.1. The van der Waals surface area contributed by atoms with Gasteiger partial charge in [0.05, 0.1) is 10.9 Å². The van der Waals surface area contributed by atoms with Crippen molar-refractivity contribution in [3.8, 4) is 11.3 Å². The lowest BCUT2D eigenvalue weighted by atomic mass is 10.0. The van der Waals surface area contributed by atoms with Gasteiger partial charge in [0, 0.05) is 12.1 Å². The summed E-state index contributed by atoms with van der Waals surface area (Å²) in [5, 5.41) is 0.630. The summed E-state index contributed by atoms with van der Waals surface area (Å²) >= 11 is 0. The van der Waals surface area contributed by atoms with Gasteiger partial charge in [-0.15, -0.1) is 6.58 Å². The summed E-state index contributed by atoms with van der Waals surface area (Å²) in [6.07, 6.45) is 2.49.